The molecule has 3 rings (SSSR count). The van der Waals surface area contributed by atoms with E-state index in [1.54, 1.807) is 30.4 Å². The van der Waals surface area contributed by atoms with Crippen molar-refractivity contribution in [2.75, 3.05) is 11.5 Å². The van der Waals surface area contributed by atoms with Crippen molar-refractivity contribution < 1.29 is 0 Å². The smallest absolute Gasteiger partial charge is 0.264 e. The number of aromatic amines is 1. The van der Waals surface area contributed by atoms with E-state index in [1.807, 2.05) is 23.9 Å². The summed E-state index contributed by atoms with van der Waals surface area (Å²) in [6.07, 6.45) is 12.0. The Morgan fingerprint density at radius 1 is 0.828 bits per heavy atom. The van der Waals surface area contributed by atoms with Gasteiger partial charge in [0.25, 0.3) is 5.56 Å². The monoisotopic (exact) mass is 425 g/mol. The quantitative estimate of drug-likeness (QED) is 0.303. The van der Waals surface area contributed by atoms with Gasteiger partial charge in [-0.15, -0.1) is 23.5 Å². The van der Waals surface area contributed by atoms with Gasteiger partial charge in [-0.2, -0.15) is 0 Å². The molecule has 1 aromatic carbocycles. The van der Waals surface area contributed by atoms with Gasteiger partial charge >= 0.3 is 0 Å². The number of benzene rings is 1. The standard InChI is InChI=1S/C23H27N3OS2/c27-23-21(18-25-22(26-23)16-19-10-9-13-24-17-19)29-15-8-3-1-2-7-14-28-20-11-5-4-6-12-20/h4-6,9-13,17-18H,1-3,7-8,14-16H2,(H,25,26,27). The van der Waals surface area contributed by atoms with Gasteiger partial charge in [0.2, 0.25) is 0 Å². The zero-order chi connectivity index (χ0) is 20.2. The van der Waals surface area contributed by atoms with Gasteiger partial charge in [-0.25, -0.2) is 4.98 Å². The normalized spacial score (nSPS) is 10.9. The molecule has 0 bridgehead atoms. The Hall–Kier alpha value is -2.05. The zero-order valence-electron chi connectivity index (χ0n) is 16.5. The van der Waals surface area contributed by atoms with Crippen molar-refractivity contribution in [2.45, 2.75) is 48.3 Å². The first-order valence-electron chi connectivity index (χ1n) is 10.1. The minimum atomic E-state index is -0.0400. The number of pyridine rings is 1. The number of H-pyrrole nitrogens is 1. The lowest BCUT2D eigenvalue weighted by Gasteiger charge is -2.04. The second-order valence-corrected chi connectivity index (χ2v) is 9.14. The van der Waals surface area contributed by atoms with Gasteiger partial charge in [0.15, 0.2) is 0 Å². The minimum absolute atomic E-state index is 0.0400. The third-order valence-electron chi connectivity index (χ3n) is 4.47. The Kier molecular flexibility index (Phi) is 9.33. The summed E-state index contributed by atoms with van der Waals surface area (Å²) in [5.74, 6) is 2.83. The van der Waals surface area contributed by atoms with Crippen molar-refractivity contribution in [1.82, 2.24) is 15.0 Å². The fourth-order valence-corrected chi connectivity index (χ4v) is 4.74. The number of nitrogens with zero attached hydrogens (tertiary/aromatic N) is 2. The molecule has 0 saturated carbocycles. The highest BCUT2D eigenvalue weighted by Gasteiger charge is 2.05. The SMILES string of the molecule is O=c1[nH]c(Cc2cccnc2)ncc1SCCCCCCCSc1ccccc1. The first kappa shape index (κ1) is 21.7. The van der Waals surface area contributed by atoms with E-state index in [0.29, 0.717) is 17.1 Å². The van der Waals surface area contributed by atoms with Gasteiger partial charge < -0.3 is 4.98 Å². The maximum Gasteiger partial charge on any atom is 0.264 e. The molecule has 0 aliphatic carbocycles. The van der Waals surface area contributed by atoms with Crippen molar-refractivity contribution in [1.29, 1.82) is 0 Å². The molecule has 152 valence electrons. The number of hydrogen-bond acceptors (Lipinski definition) is 5. The fourth-order valence-electron chi connectivity index (χ4n) is 2.93. The molecule has 0 aliphatic rings. The molecule has 0 fully saturated rings. The Morgan fingerprint density at radius 3 is 2.31 bits per heavy atom. The minimum Gasteiger partial charge on any atom is -0.309 e. The number of unbranched alkanes of at least 4 members (excludes halogenated alkanes) is 4. The van der Waals surface area contributed by atoms with Gasteiger partial charge in [-0.1, -0.05) is 43.5 Å². The Morgan fingerprint density at radius 2 is 1.59 bits per heavy atom. The van der Waals surface area contributed by atoms with Crippen LogP contribution >= 0.6 is 23.5 Å². The van der Waals surface area contributed by atoms with E-state index in [2.05, 4.69) is 45.3 Å². The van der Waals surface area contributed by atoms with Crippen LogP contribution in [0.2, 0.25) is 0 Å². The van der Waals surface area contributed by atoms with E-state index < -0.39 is 0 Å². The van der Waals surface area contributed by atoms with E-state index in [1.165, 1.54) is 36.3 Å². The highest BCUT2D eigenvalue weighted by atomic mass is 32.2. The number of nitrogens with one attached hydrogen (secondary N) is 1. The van der Waals surface area contributed by atoms with Gasteiger partial charge in [0.1, 0.15) is 5.82 Å². The highest BCUT2D eigenvalue weighted by Crippen LogP contribution is 2.20. The molecule has 2 heterocycles. The Labute approximate surface area is 181 Å². The molecule has 0 atom stereocenters. The lowest BCUT2D eigenvalue weighted by molar-refractivity contribution is 0.662. The van der Waals surface area contributed by atoms with Crippen molar-refractivity contribution >= 4 is 23.5 Å². The molecule has 4 nitrogen and oxygen atoms in total. The molecule has 0 unspecified atom stereocenters. The van der Waals surface area contributed by atoms with Crippen LogP contribution in [0.25, 0.3) is 0 Å². The molecule has 0 aliphatic heterocycles. The van der Waals surface area contributed by atoms with Crippen LogP contribution in [-0.4, -0.2) is 26.5 Å². The van der Waals surface area contributed by atoms with Crippen LogP contribution in [0.1, 0.15) is 43.5 Å². The van der Waals surface area contributed by atoms with Crippen LogP contribution in [0.15, 0.2) is 75.6 Å². The summed E-state index contributed by atoms with van der Waals surface area (Å²) in [5, 5.41) is 0. The molecule has 29 heavy (non-hydrogen) atoms. The van der Waals surface area contributed by atoms with E-state index >= 15 is 0 Å². The average Bonchev–Trinajstić information content (AvgIpc) is 2.75. The summed E-state index contributed by atoms with van der Waals surface area (Å²) >= 11 is 3.54. The van der Waals surface area contributed by atoms with Crippen molar-refractivity contribution in [3.05, 3.63) is 82.8 Å². The van der Waals surface area contributed by atoms with Crippen molar-refractivity contribution in [3.63, 3.8) is 0 Å². The topological polar surface area (TPSA) is 58.6 Å². The van der Waals surface area contributed by atoms with Gasteiger partial charge in [-0.3, -0.25) is 9.78 Å². The number of hydrogen-bond donors (Lipinski definition) is 1. The first-order valence-corrected chi connectivity index (χ1v) is 12.1. The molecular weight excluding hydrogens is 398 g/mol. The number of rotatable bonds is 12. The van der Waals surface area contributed by atoms with Crippen LogP contribution in [0.3, 0.4) is 0 Å². The summed E-state index contributed by atoms with van der Waals surface area (Å²) in [7, 11) is 0. The molecule has 0 radical (unpaired) electrons. The predicted octanol–water partition coefficient (Wildman–Crippen LogP) is 5.59. The molecule has 0 spiro atoms. The van der Waals surface area contributed by atoms with E-state index in [9.17, 15) is 4.79 Å². The third kappa shape index (κ3) is 8.07. The molecule has 0 saturated heterocycles. The van der Waals surface area contributed by atoms with Crippen molar-refractivity contribution in [2.24, 2.45) is 0 Å². The van der Waals surface area contributed by atoms with Crippen LogP contribution < -0.4 is 5.56 Å². The summed E-state index contributed by atoms with van der Waals surface area (Å²) in [4.78, 5) is 25.7. The number of aromatic nitrogens is 3. The second-order valence-electron chi connectivity index (χ2n) is 6.84. The summed E-state index contributed by atoms with van der Waals surface area (Å²) < 4.78 is 0. The molecule has 3 aromatic rings. The average molecular weight is 426 g/mol. The zero-order valence-corrected chi connectivity index (χ0v) is 18.2. The molecule has 1 N–H and O–H groups in total. The van der Waals surface area contributed by atoms with E-state index in [4.69, 9.17) is 0 Å². The maximum atomic E-state index is 12.3. The largest absolute Gasteiger partial charge is 0.309 e. The van der Waals surface area contributed by atoms with E-state index in [0.717, 1.165) is 17.7 Å². The van der Waals surface area contributed by atoms with Crippen molar-refractivity contribution in [3.8, 4) is 0 Å². The third-order valence-corrected chi connectivity index (χ3v) is 6.66. The lowest BCUT2D eigenvalue weighted by atomic mass is 10.2. The Balaban J connectivity index is 1.27. The second kappa shape index (κ2) is 12.5. The first-order chi connectivity index (χ1) is 14.3. The summed E-state index contributed by atoms with van der Waals surface area (Å²) in [6, 6.07) is 14.5. The van der Waals surface area contributed by atoms with Gasteiger partial charge in [0, 0.05) is 29.9 Å². The Bertz CT molecular complexity index is 901. The number of thioether (sulfide) groups is 2. The molecule has 0 amide bonds. The van der Waals surface area contributed by atoms with Gasteiger partial charge in [0.05, 0.1) is 4.90 Å². The molecule has 6 heteroatoms. The van der Waals surface area contributed by atoms with Gasteiger partial charge in [-0.05, 0) is 48.1 Å². The van der Waals surface area contributed by atoms with E-state index in [-0.39, 0.29) is 5.56 Å². The maximum absolute atomic E-state index is 12.3. The molecule has 2 aromatic heterocycles. The van der Waals surface area contributed by atoms with Crippen LogP contribution in [-0.2, 0) is 6.42 Å². The highest BCUT2D eigenvalue weighted by molar-refractivity contribution is 7.99. The van der Waals surface area contributed by atoms with Crippen LogP contribution in [0.4, 0.5) is 0 Å². The lowest BCUT2D eigenvalue weighted by Crippen LogP contribution is -2.13. The van der Waals surface area contributed by atoms with Crippen LogP contribution in [0.5, 0.6) is 0 Å². The summed E-state index contributed by atoms with van der Waals surface area (Å²) in [6.45, 7) is 0. The molecular formula is C23H27N3OS2. The van der Waals surface area contributed by atoms with Crippen LogP contribution in [0, 0.1) is 0 Å². The fraction of sp³-hybridized carbons (Fsp3) is 0.348. The summed E-state index contributed by atoms with van der Waals surface area (Å²) in [5.41, 5.74) is 1.00. The predicted molar refractivity (Wildman–Crippen MR) is 123 cm³/mol.